The zero-order valence-electron chi connectivity index (χ0n) is 17.5. The van der Waals surface area contributed by atoms with Crippen LogP contribution < -0.4 is 0 Å². The normalized spacial score (nSPS) is 46.6. The fraction of sp³-hybridized carbons (Fsp3) is 0.905. The molecule has 0 spiro atoms. The third kappa shape index (κ3) is 4.18. The molecule has 29 heavy (non-hydrogen) atoms. The highest BCUT2D eigenvalue weighted by molar-refractivity contribution is 7.79. The summed E-state index contributed by atoms with van der Waals surface area (Å²) in [7, 11) is -4.67. The minimum absolute atomic E-state index is 0.0782. The van der Waals surface area contributed by atoms with Crippen molar-refractivity contribution in [2.75, 3.05) is 0 Å². The van der Waals surface area contributed by atoms with E-state index in [1.807, 2.05) is 0 Å². The van der Waals surface area contributed by atoms with Crippen LogP contribution in [0.15, 0.2) is 0 Å². The second-order valence-corrected chi connectivity index (χ2v) is 11.2. The van der Waals surface area contributed by atoms with E-state index in [-0.39, 0.29) is 34.6 Å². The van der Waals surface area contributed by atoms with Gasteiger partial charge in [0.1, 0.15) is 11.6 Å². The van der Waals surface area contributed by atoms with Crippen molar-refractivity contribution < 1.29 is 32.2 Å². The topological polar surface area (TPSA) is 129 Å². The maximum Gasteiger partial charge on any atom is 0.394 e. The van der Waals surface area contributed by atoms with Crippen LogP contribution in [0.5, 0.6) is 0 Å². The molecular weight excluding hydrogens is 396 g/mol. The maximum absolute atomic E-state index is 13.3. The van der Waals surface area contributed by atoms with Crippen LogP contribution in [0.1, 0.15) is 72.1 Å². The molecule has 0 amide bonds. The lowest BCUT2D eigenvalue weighted by molar-refractivity contribution is -0.162. The highest BCUT2D eigenvalue weighted by Gasteiger charge is 2.63. The van der Waals surface area contributed by atoms with Gasteiger partial charge in [0.15, 0.2) is 0 Å². The number of carbonyl (C=O) groups is 2. The van der Waals surface area contributed by atoms with Crippen molar-refractivity contribution in [3.05, 3.63) is 0 Å². The van der Waals surface area contributed by atoms with E-state index in [0.717, 1.165) is 44.9 Å². The van der Waals surface area contributed by atoms with Gasteiger partial charge < -0.3 is 5.11 Å². The molecule has 4 aliphatic carbocycles. The molecule has 8 heteroatoms. The van der Waals surface area contributed by atoms with Gasteiger partial charge in [0, 0.05) is 18.3 Å². The van der Waals surface area contributed by atoms with Gasteiger partial charge >= 0.3 is 10.4 Å². The summed E-state index contributed by atoms with van der Waals surface area (Å²) in [5, 5.41) is 10.1. The quantitative estimate of drug-likeness (QED) is 0.545. The van der Waals surface area contributed by atoms with Crippen LogP contribution in [0, 0.1) is 40.4 Å². The van der Waals surface area contributed by atoms with E-state index >= 15 is 0 Å². The van der Waals surface area contributed by atoms with E-state index in [4.69, 9.17) is 17.5 Å². The summed E-state index contributed by atoms with van der Waals surface area (Å²) in [6.07, 6.45) is 7.53. The second-order valence-electron chi connectivity index (χ2n) is 10.3. The number of hydrogen-bond donors (Lipinski definition) is 3. The second kappa shape index (κ2) is 7.70. The Bertz CT molecular complexity index is 770. The van der Waals surface area contributed by atoms with Crippen LogP contribution in [-0.4, -0.2) is 40.3 Å². The molecule has 0 aromatic carbocycles. The monoisotopic (exact) mass is 430 g/mol. The molecule has 0 bridgehead atoms. The van der Waals surface area contributed by atoms with Crippen LogP contribution in [0.4, 0.5) is 0 Å². The number of aliphatic hydroxyl groups is 1. The Morgan fingerprint density at radius 2 is 1.66 bits per heavy atom. The molecule has 4 fully saturated rings. The summed E-state index contributed by atoms with van der Waals surface area (Å²) in [5.74, 6) is 2.48. The van der Waals surface area contributed by atoms with Gasteiger partial charge in [-0.1, -0.05) is 13.8 Å². The summed E-state index contributed by atoms with van der Waals surface area (Å²) >= 11 is 0. The van der Waals surface area contributed by atoms with Crippen molar-refractivity contribution in [3.63, 3.8) is 0 Å². The molecule has 0 aromatic heterocycles. The Morgan fingerprint density at radius 3 is 2.24 bits per heavy atom. The average molecular weight is 431 g/mol. The summed E-state index contributed by atoms with van der Waals surface area (Å²) in [6, 6.07) is 0. The Hall–Kier alpha value is -0.830. The third-order valence-corrected chi connectivity index (χ3v) is 8.81. The molecule has 166 valence electrons. The highest BCUT2D eigenvalue weighted by atomic mass is 32.3. The van der Waals surface area contributed by atoms with Gasteiger partial charge in [-0.25, -0.2) is 0 Å². The largest absolute Gasteiger partial charge is 0.394 e. The molecular formula is C21H34O7S. The molecule has 4 rings (SSSR count). The first-order valence-corrected chi connectivity index (χ1v) is 12.1. The Morgan fingerprint density at radius 1 is 1.03 bits per heavy atom. The number of hydrogen-bond acceptors (Lipinski definition) is 5. The minimum Gasteiger partial charge on any atom is -0.393 e. The molecule has 0 radical (unpaired) electrons. The average Bonchev–Trinajstić information content (AvgIpc) is 2.90. The van der Waals surface area contributed by atoms with Crippen LogP contribution >= 0.6 is 0 Å². The standard InChI is InChI=1S/C21H32O3.H2O4S/c1-12(22)16-6-7-17-15-5-4-13-10-14(23)8-9-20(13,2)19(15)18(24)11-21(16,17)3;1-5(2,3)4/h13-17,19,23H,4-11H2,1-3H3;(H2,1,2,3,4)/t13-,14+,15-,16+,17-,19+,20-,21+;/m0./s1. The first-order valence-electron chi connectivity index (χ1n) is 10.7. The van der Waals surface area contributed by atoms with E-state index in [0.29, 0.717) is 30.0 Å². The Kier molecular flexibility index (Phi) is 6.06. The molecule has 0 aliphatic heterocycles. The fourth-order valence-electron chi connectivity index (χ4n) is 7.72. The smallest absolute Gasteiger partial charge is 0.393 e. The molecule has 0 aromatic rings. The molecule has 0 heterocycles. The number of aliphatic hydroxyl groups excluding tert-OH is 1. The van der Waals surface area contributed by atoms with E-state index < -0.39 is 10.4 Å². The summed E-state index contributed by atoms with van der Waals surface area (Å²) in [4.78, 5) is 25.5. The lowest BCUT2D eigenvalue weighted by Gasteiger charge is -2.59. The zero-order chi connectivity index (χ0) is 21.8. The summed E-state index contributed by atoms with van der Waals surface area (Å²) in [5.41, 5.74) is -0.0175. The third-order valence-electron chi connectivity index (χ3n) is 8.81. The van der Waals surface area contributed by atoms with Crippen LogP contribution in [0.25, 0.3) is 0 Å². The summed E-state index contributed by atoms with van der Waals surface area (Å²) in [6.45, 7) is 6.28. The molecule has 8 atom stereocenters. The lowest BCUT2D eigenvalue weighted by Crippen LogP contribution is -2.58. The van der Waals surface area contributed by atoms with Gasteiger partial charge in [0.25, 0.3) is 0 Å². The van der Waals surface area contributed by atoms with Crippen molar-refractivity contribution in [3.8, 4) is 0 Å². The first kappa shape index (κ1) is 22.8. The van der Waals surface area contributed by atoms with Crippen LogP contribution in [0.2, 0.25) is 0 Å². The maximum atomic E-state index is 13.3. The van der Waals surface area contributed by atoms with Gasteiger partial charge in [0.2, 0.25) is 0 Å². The predicted octanol–water partition coefficient (Wildman–Crippen LogP) is 3.12. The van der Waals surface area contributed by atoms with E-state index in [2.05, 4.69) is 13.8 Å². The van der Waals surface area contributed by atoms with Gasteiger partial charge in [-0.15, -0.1) is 0 Å². The van der Waals surface area contributed by atoms with Crippen molar-refractivity contribution in [1.29, 1.82) is 0 Å². The molecule has 0 unspecified atom stereocenters. The Balaban J connectivity index is 0.000000431. The van der Waals surface area contributed by atoms with Gasteiger partial charge in [-0.05, 0) is 80.5 Å². The van der Waals surface area contributed by atoms with Crippen molar-refractivity contribution in [2.45, 2.75) is 78.2 Å². The number of fused-ring (bicyclic) bond motifs is 5. The minimum atomic E-state index is -4.67. The van der Waals surface area contributed by atoms with Crippen molar-refractivity contribution in [2.24, 2.45) is 40.4 Å². The Labute approximate surface area is 173 Å². The van der Waals surface area contributed by atoms with Crippen molar-refractivity contribution in [1.82, 2.24) is 0 Å². The lowest BCUT2D eigenvalue weighted by atomic mass is 9.44. The van der Waals surface area contributed by atoms with Crippen LogP contribution in [0.3, 0.4) is 0 Å². The highest BCUT2D eigenvalue weighted by Crippen LogP contribution is 2.66. The van der Waals surface area contributed by atoms with Crippen LogP contribution in [-0.2, 0) is 20.0 Å². The first-order chi connectivity index (χ1) is 13.3. The number of rotatable bonds is 1. The molecule has 0 saturated heterocycles. The summed E-state index contributed by atoms with van der Waals surface area (Å²) < 4.78 is 31.6. The molecule has 3 N–H and O–H groups in total. The van der Waals surface area contributed by atoms with Gasteiger partial charge in [-0.2, -0.15) is 8.42 Å². The van der Waals surface area contributed by atoms with Crippen molar-refractivity contribution >= 4 is 22.0 Å². The van der Waals surface area contributed by atoms with E-state index in [9.17, 15) is 14.7 Å². The predicted molar refractivity (Wildman–Crippen MR) is 106 cm³/mol. The molecule has 7 nitrogen and oxygen atoms in total. The van der Waals surface area contributed by atoms with Gasteiger partial charge in [0.05, 0.1) is 6.10 Å². The molecule has 4 aliphatic rings. The number of carbonyl (C=O) groups excluding carboxylic acids is 2. The SMILES string of the molecule is CC(=O)[C@H]1CC[C@H]2[C@@H]3CC[C@H]4C[C@H](O)CC[C@]4(C)[C@H]3C(=O)C[C@]12C.O=S(=O)(O)O. The molecule has 4 saturated carbocycles. The van der Waals surface area contributed by atoms with Gasteiger partial charge in [-0.3, -0.25) is 18.7 Å². The van der Waals surface area contributed by atoms with E-state index in [1.165, 1.54) is 0 Å². The number of Topliss-reactive ketones (excluding diaryl/α,β-unsaturated/α-hetero) is 2. The van der Waals surface area contributed by atoms with E-state index in [1.54, 1.807) is 6.92 Å². The number of ketones is 2. The fourth-order valence-corrected chi connectivity index (χ4v) is 7.72. The zero-order valence-corrected chi connectivity index (χ0v) is 18.3.